The second-order valence-corrected chi connectivity index (χ2v) is 7.14. The highest BCUT2D eigenvalue weighted by Crippen LogP contribution is 2.27. The van der Waals surface area contributed by atoms with Gasteiger partial charge in [-0.1, -0.05) is 41.9 Å². The van der Waals surface area contributed by atoms with E-state index in [2.05, 4.69) is 11.7 Å². The maximum absolute atomic E-state index is 13.1. The standard InChI is InChI=1S/C23H18ClN3O2/c1-3-11-26-21-10-5-4-7-16(21)12-17(22(26)28)13-20-15(2)25-27(23(20)29)19-9-6-8-18(24)14-19/h3-10,12-14H,1,11H2,2H3/b20-13-. The van der Waals surface area contributed by atoms with Crippen LogP contribution in [-0.4, -0.2) is 16.2 Å². The number of halogens is 1. The number of nitrogens with zero attached hydrogens (tertiary/aromatic N) is 3. The normalized spacial score (nSPS) is 15.2. The molecule has 2 heterocycles. The summed E-state index contributed by atoms with van der Waals surface area (Å²) in [5, 5.41) is 7.09. The lowest BCUT2D eigenvalue weighted by Gasteiger charge is -2.12. The minimum Gasteiger partial charge on any atom is -0.304 e. The van der Waals surface area contributed by atoms with Gasteiger partial charge in [0.2, 0.25) is 0 Å². The summed E-state index contributed by atoms with van der Waals surface area (Å²) < 4.78 is 1.65. The summed E-state index contributed by atoms with van der Waals surface area (Å²) >= 11 is 6.04. The predicted molar refractivity (Wildman–Crippen MR) is 118 cm³/mol. The molecule has 1 aliphatic heterocycles. The van der Waals surface area contributed by atoms with Crippen molar-refractivity contribution < 1.29 is 4.79 Å². The number of anilines is 1. The monoisotopic (exact) mass is 403 g/mol. The van der Waals surface area contributed by atoms with Crippen LogP contribution >= 0.6 is 11.6 Å². The molecule has 144 valence electrons. The van der Waals surface area contributed by atoms with Crippen molar-refractivity contribution in [2.75, 3.05) is 5.01 Å². The van der Waals surface area contributed by atoms with Crippen molar-refractivity contribution in [3.8, 4) is 0 Å². The summed E-state index contributed by atoms with van der Waals surface area (Å²) in [6, 6.07) is 16.4. The van der Waals surface area contributed by atoms with Crippen LogP contribution in [0, 0.1) is 0 Å². The van der Waals surface area contributed by atoms with Gasteiger partial charge in [-0.3, -0.25) is 9.59 Å². The Morgan fingerprint density at radius 3 is 2.66 bits per heavy atom. The maximum Gasteiger partial charge on any atom is 0.280 e. The molecule has 0 spiro atoms. The number of para-hydroxylation sites is 1. The summed E-state index contributed by atoms with van der Waals surface area (Å²) in [6.45, 7) is 5.87. The Morgan fingerprint density at radius 1 is 1.10 bits per heavy atom. The second-order valence-electron chi connectivity index (χ2n) is 6.70. The first-order valence-electron chi connectivity index (χ1n) is 9.10. The third-order valence-corrected chi connectivity index (χ3v) is 4.99. The molecule has 0 bridgehead atoms. The molecule has 0 fully saturated rings. The minimum absolute atomic E-state index is 0.182. The summed E-state index contributed by atoms with van der Waals surface area (Å²) in [4.78, 5) is 26.1. The van der Waals surface area contributed by atoms with E-state index in [-0.39, 0.29) is 11.5 Å². The van der Waals surface area contributed by atoms with E-state index in [4.69, 9.17) is 11.6 Å². The molecule has 0 atom stereocenters. The van der Waals surface area contributed by atoms with Crippen LogP contribution in [0.5, 0.6) is 0 Å². The van der Waals surface area contributed by atoms with Gasteiger partial charge in [0.1, 0.15) is 0 Å². The SMILES string of the molecule is C=CCn1c(=O)c(/C=C2\C(=O)N(c3cccc(Cl)c3)N=C2C)cc2ccccc21. The van der Waals surface area contributed by atoms with E-state index in [0.717, 1.165) is 10.9 Å². The zero-order valence-electron chi connectivity index (χ0n) is 15.8. The number of amides is 1. The molecule has 6 heteroatoms. The molecule has 2 aromatic carbocycles. The average molecular weight is 404 g/mol. The zero-order chi connectivity index (χ0) is 20.5. The lowest BCUT2D eigenvalue weighted by atomic mass is 10.1. The molecule has 0 radical (unpaired) electrons. The molecule has 29 heavy (non-hydrogen) atoms. The van der Waals surface area contributed by atoms with E-state index in [1.807, 2.05) is 24.3 Å². The Labute approximate surface area is 172 Å². The van der Waals surface area contributed by atoms with Crippen LogP contribution < -0.4 is 10.6 Å². The van der Waals surface area contributed by atoms with Gasteiger partial charge in [-0.05, 0) is 48.7 Å². The Bertz CT molecular complexity index is 1270. The van der Waals surface area contributed by atoms with Crippen LogP contribution in [0.4, 0.5) is 5.69 Å². The van der Waals surface area contributed by atoms with E-state index in [1.54, 1.807) is 54.0 Å². The number of benzene rings is 2. The van der Waals surface area contributed by atoms with Gasteiger partial charge in [-0.15, -0.1) is 6.58 Å². The highest BCUT2D eigenvalue weighted by atomic mass is 35.5. The molecule has 4 rings (SSSR count). The van der Waals surface area contributed by atoms with Crippen molar-refractivity contribution in [2.24, 2.45) is 5.10 Å². The van der Waals surface area contributed by atoms with Gasteiger partial charge in [0.15, 0.2) is 0 Å². The lowest BCUT2D eigenvalue weighted by molar-refractivity contribution is -0.114. The van der Waals surface area contributed by atoms with E-state index in [0.29, 0.717) is 34.1 Å². The molecular weight excluding hydrogens is 386 g/mol. The molecule has 3 aromatic rings. The molecule has 5 nitrogen and oxygen atoms in total. The van der Waals surface area contributed by atoms with Crippen LogP contribution in [-0.2, 0) is 11.3 Å². The van der Waals surface area contributed by atoms with Crippen molar-refractivity contribution in [3.05, 3.63) is 93.8 Å². The number of hydrogen-bond donors (Lipinski definition) is 0. The van der Waals surface area contributed by atoms with Gasteiger partial charge in [0.05, 0.1) is 22.5 Å². The van der Waals surface area contributed by atoms with E-state index in [1.165, 1.54) is 5.01 Å². The molecular formula is C23H18ClN3O2. The summed E-state index contributed by atoms with van der Waals surface area (Å²) in [7, 11) is 0. The van der Waals surface area contributed by atoms with Gasteiger partial charge < -0.3 is 4.57 Å². The zero-order valence-corrected chi connectivity index (χ0v) is 16.6. The van der Waals surface area contributed by atoms with Gasteiger partial charge in [-0.25, -0.2) is 0 Å². The number of allylic oxidation sites excluding steroid dienone is 1. The highest BCUT2D eigenvalue weighted by molar-refractivity contribution is 6.33. The van der Waals surface area contributed by atoms with Crippen molar-refractivity contribution in [3.63, 3.8) is 0 Å². The average Bonchev–Trinajstić information content (AvgIpc) is 2.99. The fraction of sp³-hybridized carbons (Fsp3) is 0.0870. The van der Waals surface area contributed by atoms with E-state index in [9.17, 15) is 9.59 Å². The second kappa shape index (κ2) is 7.53. The number of fused-ring (bicyclic) bond motifs is 1. The molecule has 0 aliphatic carbocycles. The fourth-order valence-corrected chi connectivity index (χ4v) is 3.57. The molecule has 1 amide bonds. The molecule has 0 unspecified atom stereocenters. The number of carbonyl (C=O) groups excluding carboxylic acids is 1. The summed E-state index contributed by atoms with van der Waals surface area (Å²) in [6.07, 6.45) is 3.29. The number of rotatable bonds is 4. The third-order valence-electron chi connectivity index (χ3n) is 4.76. The van der Waals surface area contributed by atoms with Crippen LogP contribution in [0.15, 0.2) is 82.7 Å². The lowest BCUT2D eigenvalue weighted by Crippen LogP contribution is -2.24. The van der Waals surface area contributed by atoms with Crippen molar-refractivity contribution in [1.82, 2.24) is 4.57 Å². The first-order chi connectivity index (χ1) is 14.0. The number of aromatic nitrogens is 1. The Kier molecular flexibility index (Phi) is 4.91. The number of hydrazone groups is 1. The van der Waals surface area contributed by atoms with Crippen molar-refractivity contribution >= 4 is 45.9 Å². The van der Waals surface area contributed by atoms with Crippen molar-refractivity contribution in [2.45, 2.75) is 13.5 Å². The fourth-order valence-electron chi connectivity index (χ4n) is 3.39. The topological polar surface area (TPSA) is 54.7 Å². The van der Waals surface area contributed by atoms with Gasteiger partial charge in [0, 0.05) is 17.1 Å². The highest BCUT2D eigenvalue weighted by Gasteiger charge is 2.29. The minimum atomic E-state index is -0.299. The Morgan fingerprint density at radius 2 is 1.90 bits per heavy atom. The van der Waals surface area contributed by atoms with Gasteiger partial charge >= 0.3 is 0 Å². The smallest absolute Gasteiger partial charge is 0.280 e. The predicted octanol–water partition coefficient (Wildman–Crippen LogP) is 4.65. The molecule has 0 saturated heterocycles. The quantitative estimate of drug-likeness (QED) is 0.470. The molecule has 0 saturated carbocycles. The van der Waals surface area contributed by atoms with Crippen molar-refractivity contribution in [1.29, 1.82) is 0 Å². The summed E-state index contributed by atoms with van der Waals surface area (Å²) in [5.74, 6) is -0.299. The number of carbonyl (C=O) groups is 1. The van der Waals surface area contributed by atoms with Crippen LogP contribution in [0.2, 0.25) is 5.02 Å². The Hall–Kier alpha value is -3.44. The van der Waals surface area contributed by atoms with E-state index >= 15 is 0 Å². The van der Waals surface area contributed by atoms with Crippen LogP contribution in [0.1, 0.15) is 12.5 Å². The van der Waals surface area contributed by atoms with Gasteiger partial charge in [0.25, 0.3) is 11.5 Å². The van der Waals surface area contributed by atoms with Crippen LogP contribution in [0.25, 0.3) is 17.0 Å². The number of hydrogen-bond acceptors (Lipinski definition) is 3. The molecule has 1 aromatic heterocycles. The largest absolute Gasteiger partial charge is 0.304 e. The first-order valence-corrected chi connectivity index (χ1v) is 9.48. The molecule has 0 N–H and O–H groups in total. The summed E-state index contributed by atoms with van der Waals surface area (Å²) in [5.41, 5.74) is 2.56. The third kappa shape index (κ3) is 3.41. The first kappa shape index (κ1) is 18.9. The Balaban J connectivity index is 1.82. The van der Waals surface area contributed by atoms with Crippen LogP contribution in [0.3, 0.4) is 0 Å². The molecule has 1 aliphatic rings. The van der Waals surface area contributed by atoms with E-state index < -0.39 is 0 Å². The number of pyridine rings is 1. The van der Waals surface area contributed by atoms with Gasteiger partial charge in [-0.2, -0.15) is 10.1 Å². The maximum atomic E-state index is 13.1.